The summed E-state index contributed by atoms with van der Waals surface area (Å²) in [6.07, 6.45) is 9.82. The number of hydrogen-bond acceptors (Lipinski definition) is 0. The minimum absolute atomic E-state index is 0.928. The van der Waals surface area contributed by atoms with Crippen molar-refractivity contribution >= 4 is 0 Å². The molecule has 3 atom stereocenters. The molecule has 0 saturated carbocycles. The third-order valence-corrected chi connectivity index (χ3v) is 4.07. The average molecular weight is 212 g/mol. The largest absolute Gasteiger partial charge is 0.0654 e. The van der Waals surface area contributed by atoms with Gasteiger partial charge in [-0.3, -0.25) is 0 Å². The van der Waals surface area contributed by atoms with Crippen LogP contribution in [0.15, 0.2) is 0 Å². The minimum Gasteiger partial charge on any atom is -0.0654 e. The van der Waals surface area contributed by atoms with Crippen LogP contribution in [0, 0.1) is 17.8 Å². The predicted octanol–water partition coefficient (Wildman–Crippen LogP) is 5.67. The van der Waals surface area contributed by atoms with Gasteiger partial charge in [-0.05, 0) is 24.2 Å². The van der Waals surface area contributed by atoms with Crippen molar-refractivity contribution in [1.82, 2.24) is 0 Å². The molecule has 0 aliphatic rings. The van der Waals surface area contributed by atoms with Gasteiger partial charge in [-0.2, -0.15) is 0 Å². The highest BCUT2D eigenvalue weighted by Crippen LogP contribution is 2.27. The Morgan fingerprint density at radius 2 is 1.47 bits per heavy atom. The summed E-state index contributed by atoms with van der Waals surface area (Å²) in [4.78, 5) is 0. The molecule has 0 aromatic rings. The minimum atomic E-state index is 0.928. The van der Waals surface area contributed by atoms with Crippen molar-refractivity contribution in [2.75, 3.05) is 0 Å². The topological polar surface area (TPSA) is 0 Å². The molecule has 0 spiro atoms. The summed E-state index contributed by atoms with van der Waals surface area (Å²) in [5.41, 5.74) is 0. The summed E-state index contributed by atoms with van der Waals surface area (Å²) in [7, 11) is 0. The Hall–Kier alpha value is 0. The van der Waals surface area contributed by atoms with E-state index in [9.17, 15) is 0 Å². The van der Waals surface area contributed by atoms with Crippen molar-refractivity contribution in [1.29, 1.82) is 0 Å². The van der Waals surface area contributed by atoms with E-state index in [1.54, 1.807) is 0 Å². The fourth-order valence-corrected chi connectivity index (χ4v) is 2.36. The van der Waals surface area contributed by atoms with Gasteiger partial charge in [0.1, 0.15) is 0 Å². The molecular formula is C15H32. The first-order valence-corrected chi connectivity index (χ1v) is 7.15. The zero-order valence-electron chi connectivity index (χ0n) is 11.7. The Labute approximate surface area is 97.8 Å². The van der Waals surface area contributed by atoms with Crippen LogP contribution >= 0.6 is 0 Å². The molecule has 15 heavy (non-hydrogen) atoms. The zero-order chi connectivity index (χ0) is 11.7. The van der Waals surface area contributed by atoms with Gasteiger partial charge in [0, 0.05) is 0 Å². The van der Waals surface area contributed by atoms with Gasteiger partial charge in [0.2, 0.25) is 0 Å². The molecule has 92 valence electrons. The number of rotatable bonds is 9. The molecule has 0 radical (unpaired) electrons. The lowest BCUT2D eigenvalue weighted by atomic mass is 9.82. The number of unbranched alkanes of at least 4 members (excludes halogenated alkanes) is 1. The second-order valence-corrected chi connectivity index (χ2v) is 5.38. The zero-order valence-corrected chi connectivity index (χ0v) is 11.7. The normalized spacial score (nSPS) is 17.4. The van der Waals surface area contributed by atoms with Gasteiger partial charge >= 0.3 is 0 Å². The molecule has 0 nitrogen and oxygen atoms in total. The molecule has 0 amide bonds. The Balaban J connectivity index is 3.79. The Bertz CT molecular complexity index is 128. The van der Waals surface area contributed by atoms with Crippen molar-refractivity contribution in [3.63, 3.8) is 0 Å². The first-order chi connectivity index (χ1) is 7.15. The predicted molar refractivity (Wildman–Crippen MR) is 71.2 cm³/mol. The Morgan fingerprint density at radius 3 is 1.93 bits per heavy atom. The fourth-order valence-electron chi connectivity index (χ4n) is 2.36. The molecule has 0 saturated heterocycles. The molecule has 0 bridgehead atoms. The van der Waals surface area contributed by atoms with E-state index in [1.165, 1.54) is 44.9 Å². The molecule has 0 heterocycles. The van der Waals surface area contributed by atoms with Crippen LogP contribution in [0.2, 0.25) is 0 Å². The third-order valence-electron chi connectivity index (χ3n) is 4.07. The second-order valence-electron chi connectivity index (χ2n) is 5.38. The van der Waals surface area contributed by atoms with Crippen molar-refractivity contribution in [3.05, 3.63) is 0 Å². The summed E-state index contributed by atoms with van der Waals surface area (Å²) in [5, 5.41) is 0. The highest BCUT2D eigenvalue weighted by Gasteiger charge is 2.15. The van der Waals surface area contributed by atoms with E-state index in [1.807, 2.05) is 0 Å². The summed E-state index contributed by atoms with van der Waals surface area (Å²) < 4.78 is 0. The van der Waals surface area contributed by atoms with Crippen LogP contribution in [0.25, 0.3) is 0 Å². The summed E-state index contributed by atoms with van der Waals surface area (Å²) in [5.74, 6) is 2.85. The molecule has 0 aliphatic carbocycles. The molecule has 0 rings (SSSR count). The highest BCUT2D eigenvalue weighted by molar-refractivity contribution is 4.67. The van der Waals surface area contributed by atoms with Crippen molar-refractivity contribution in [3.8, 4) is 0 Å². The van der Waals surface area contributed by atoms with Crippen molar-refractivity contribution < 1.29 is 0 Å². The molecule has 0 heteroatoms. The van der Waals surface area contributed by atoms with E-state index in [-0.39, 0.29) is 0 Å². The lowest BCUT2D eigenvalue weighted by Crippen LogP contribution is -2.12. The van der Waals surface area contributed by atoms with Gasteiger partial charge in [0.25, 0.3) is 0 Å². The maximum Gasteiger partial charge on any atom is -0.0391 e. The van der Waals surface area contributed by atoms with Crippen LogP contribution < -0.4 is 0 Å². The van der Waals surface area contributed by atoms with Crippen LogP contribution in [-0.4, -0.2) is 0 Å². The summed E-state index contributed by atoms with van der Waals surface area (Å²) in [6, 6.07) is 0. The lowest BCUT2D eigenvalue weighted by molar-refractivity contribution is 0.279. The van der Waals surface area contributed by atoms with Crippen LogP contribution in [0.5, 0.6) is 0 Å². The highest BCUT2D eigenvalue weighted by atomic mass is 14.2. The third kappa shape index (κ3) is 6.98. The van der Waals surface area contributed by atoms with Crippen molar-refractivity contribution in [2.45, 2.75) is 79.6 Å². The molecule has 0 N–H and O–H groups in total. The van der Waals surface area contributed by atoms with E-state index < -0.39 is 0 Å². The van der Waals surface area contributed by atoms with Gasteiger partial charge in [-0.25, -0.2) is 0 Å². The molecule has 3 unspecified atom stereocenters. The molecule has 0 aliphatic heterocycles. The Kier molecular flexibility index (Phi) is 9.24. The van der Waals surface area contributed by atoms with E-state index in [2.05, 4.69) is 34.6 Å². The maximum absolute atomic E-state index is 2.46. The SMILES string of the molecule is CCCCC(C)C(CC)CCC(C)CC. The second kappa shape index (κ2) is 9.24. The van der Waals surface area contributed by atoms with E-state index in [0.29, 0.717) is 0 Å². The summed E-state index contributed by atoms with van der Waals surface area (Å²) in [6.45, 7) is 11.8. The van der Waals surface area contributed by atoms with Gasteiger partial charge in [0.15, 0.2) is 0 Å². The van der Waals surface area contributed by atoms with E-state index in [4.69, 9.17) is 0 Å². The van der Waals surface area contributed by atoms with Gasteiger partial charge in [0.05, 0.1) is 0 Å². The molecule has 0 aromatic heterocycles. The van der Waals surface area contributed by atoms with Gasteiger partial charge in [-0.15, -0.1) is 0 Å². The first kappa shape index (κ1) is 15.0. The molecule has 0 aromatic carbocycles. The van der Waals surface area contributed by atoms with Crippen LogP contribution in [0.3, 0.4) is 0 Å². The monoisotopic (exact) mass is 212 g/mol. The molecular weight excluding hydrogens is 180 g/mol. The number of hydrogen-bond donors (Lipinski definition) is 0. The molecule has 0 fully saturated rings. The lowest BCUT2D eigenvalue weighted by Gasteiger charge is -2.23. The standard InChI is InChI=1S/C15H32/c1-6-9-10-14(5)15(8-3)12-11-13(4)7-2/h13-15H,6-12H2,1-5H3. The van der Waals surface area contributed by atoms with Gasteiger partial charge in [-0.1, -0.05) is 73.1 Å². The van der Waals surface area contributed by atoms with Crippen LogP contribution in [0.4, 0.5) is 0 Å². The average Bonchev–Trinajstić information content (AvgIpc) is 2.26. The van der Waals surface area contributed by atoms with Crippen LogP contribution in [0.1, 0.15) is 79.6 Å². The quantitative estimate of drug-likeness (QED) is 0.462. The van der Waals surface area contributed by atoms with Gasteiger partial charge < -0.3 is 0 Å². The smallest absolute Gasteiger partial charge is 0.0391 e. The fraction of sp³-hybridized carbons (Fsp3) is 1.00. The van der Waals surface area contributed by atoms with Crippen molar-refractivity contribution in [2.24, 2.45) is 17.8 Å². The Morgan fingerprint density at radius 1 is 0.800 bits per heavy atom. The van der Waals surface area contributed by atoms with Crippen LogP contribution in [-0.2, 0) is 0 Å². The van der Waals surface area contributed by atoms with E-state index >= 15 is 0 Å². The first-order valence-electron chi connectivity index (χ1n) is 7.15. The summed E-state index contributed by atoms with van der Waals surface area (Å²) >= 11 is 0. The van der Waals surface area contributed by atoms with E-state index in [0.717, 1.165) is 17.8 Å². The maximum atomic E-state index is 2.46.